The van der Waals surface area contributed by atoms with Gasteiger partial charge in [-0.25, -0.2) is 0 Å². The van der Waals surface area contributed by atoms with Crippen LogP contribution < -0.4 is 0 Å². The summed E-state index contributed by atoms with van der Waals surface area (Å²) in [4.78, 5) is 25.2. The molecule has 0 spiro atoms. The van der Waals surface area contributed by atoms with Gasteiger partial charge in [0.1, 0.15) is 11.6 Å². The Morgan fingerprint density at radius 3 is 2.57 bits per heavy atom. The van der Waals surface area contributed by atoms with Gasteiger partial charge in [0.2, 0.25) is 0 Å². The average molecular weight is 316 g/mol. The number of carbonyl (C=O) groups excluding carboxylic acids is 2. The van der Waals surface area contributed by atoms with Crippen LogP contribution in [-0.2, 0) is 9.59 Å². The van der Waals surface area contributed by atoms with E-state index in [0.29, 0.717) is 29.8 Å². The zero-order valence-electron chi connectivity index (χ0n) is 15.1. The predicted molar refractivity (Wildman–Crippen MR) is 90.9 cm³/mol. The highest BCUT2D eigenvalue weighted by Crippen LogP contribution is 2.66. The zero-order valence-corrected chi connectivity index (χ0v) is 15.1. The minimum Gasteiger partial charge on any atom is -0.300 e. The Bertz CT molecular complexity index is 538. The molecule has 0 N–H and O–H groups in total. The molecule has 1 unspecified atom stereocenters. The molecular formula is C21H32O2. The van der Waals surface area contributed by atoms with E-state index in [0.717, 1.165) is 31.1 Å². The van der Waals surface area contributed by atoms with Crippen molar-refractivity contribution in [2.24, 2.45) is 40.4 Å². The van der Waals surface area contributed by atoms with E-state index >= 15 is 0 Å². The summed E-state index contributed by atoms with van der Waals surface area (Å²) in [5.41, 5.74) is 0.375. The second-order valence-electron chi connectivity index (χ2n) is 9.60. The summed E-state index contributed by atoms with van der Waals surface area (Å²) in [6.45, 7) is 7.08. The fourth-order valence-corrected chi connectivity index (χ4v) is 7.63. The third kappa shape index (κ3) is 2.05. The van der Waals surface area contributed by atoms with Crippen LogP contribution in [0.2, 0.25) is 0 Å². The normalized spacial score (nSPS) is 52.7. The molecular weight excluding hydrogens is 284 g/mol. The summed E-state index contributed by atoms with van der Waals surface area (Å²) in [5, 5.41) is 0. The molecule has 0 amide bonds. The molecule has 0 aromatic rings. The van der Waals surface area contributed by atoms with Gasteiger partial charge in [0, 0.05) is 25.2 Å². The van der Waals surface area contributed by atoms with Crippen molar-refractivity contribution in [3.05, 3.63) is 0 Å². The van der Waals surface area contributed by atoms with E-state index in [-0.39, 0.29) is 16.7 Å². The van der Waals surface area contributed by atoms with Gasteiger partial charge >= 0.3 is 0 Å². The summed E-state index contributed by atoms with van der Waals surface area (Å²) in [7, 11) is 0. The van der Waals surface area contributed by atoms with Crippen molar-refractivity contribution >= 4 is 11.6 Å². The molecule has 23 heavy (non-hydrogen) atoms. The van der Waals surface area contributed by atoms with Crippen molar-refractivity contribution in [1.29, 1.82) is 0 Å². The molecule has 4 aliphatic carbocycles. The molecule has 0 aromatic heterocycles. The maximum absolute atomic E-state index is 13.3. The van der Waals surface area contributed by atoms with Gasteiger partial charge < -0.3 is 0 Å². The third-order valence-corrected chi connectivity index (χ3v) is 8.85. The van der Waals surface area contributed by atoms with Crippen molar-refractivity contribution in [1.82, 2.24) is 0 Å². The van der Waals surface area contributed by atoms with Crippen molar-refractivity contribution in [2.75, 3.05) is 0 Å². The van der Waals surface area contributed by atoms with Gasteiger partial charge in [-0.3, -0.25) is 9.59 Å². The smallest absolute Gasteiger partial charge is 0.137 e. The summed E-state index contributed by atoms with van der Waals surface area (Å²) in [6.07, 6.45) is 9.50. The highest BCUT2D eigenvalue weighted by molar-refractivity contribution is 5.85. The number of hydrogen-bond acceptors (Lipinski definition) is 2. The molecule has 2 nitrogen and oxygen atoms in total. The molecule has 0 saturated heterocycles. The molecule has 7 atom stereocenters. The summed E-state index contributed by atoms with van der Waals surface area (Å²) in [5.74, 6) is 3.82. The first-order valence-corrected chi connectivity index (χ1v) is 9.94. The number of fused-ring (bicyclic) bond motifs is 5. The SMILES string of the molecule is CC[C@H]1CC[C@H]2[C@@H]3CCC4CC(=O)CC[C@]4(C)[C@H]3C(=O)C[C@]12C. The van der Waals surface area contributed by atoms with Crippen molar-refractivity contribution in [2.45, 2.75) is 78.6 Å². The lowest BCUT2D eigenvalue weighted by molar-refractivity contribution is -0.160. The summed E-state index contributed by atoms with van der Waals surface area (Å²) in [6, 6.07) is 0. The lowest BCUT2D eigenvalue weighted by Crippen LogP contribution is -2.57. The number of rotatable bonds is 1. The Morgan fingerprint density at radius 1 is 1.04 bits per heavy atom. The van der Waals surface area contributed by atoms with E-state index in [4.69, 9.17) is 0 Å². The maximum Gasteiger partial charge on any atom is 0.137 e. The minimum absolute atomic E-state index is 0.111. The van der Waals surface area contributed by atoms with Crippen LogP contribution in [0.5, 0.6) is 0 Å². The van der Waals surface area contributed by atoms with Crippen LogP contribution in [0.4, 0.5) is 0 Å². The molecule has 0 aliphatic heterocycles. The Morgan fingerprint density at radius 2 is 1.83 bits per heavy atom. The molecule has 4 rings (SSSR count). The van der Waals surface area contributed by atoms with Crippen LogP contribution in [0.3, 0.4) is 0 Å². The third-order valence-electron chi connectivity index (χ3n) is 8.85. The molecule has 4 aliphatic rings. The predicted octanol–water partition coefficient (Wildman–Crippen LogP) is 4.80. The van der Waals surface area contributed by atoms with Crippen LogP contribution in [0.25, 0.3) is 0 Å². The maximum atomic E-state index is 13.3. The highest BCUT2D eigenvalue weighted by Gasteiger charge is 2.62. The van der Waals surface area contributed by atoms with Crippen molar-refractivity contribution in [3.8, 4) is 0 Å². The Kier molecular flexibility index (Phi) is 3.56. The molecule has 0 heterocycles. The van der Waals surface area contributed by atoms with Gasteiger partial charge in [0.25, 0.3) is 0 Å². The molecule has 4 fully saturated rings. The first-order chi connectivity index (χ1) is 10.9. The standard InChI is InChI=1S/C21H32O2/c1-4-13-6-8-17-16-7-5-14-11-15(22)9-10-20(14,2)19(16)18(23)12-21(13,17)3/h13-14,16-17,19H,4-12H2,1-3H3/t13-,14?,16-,17-,19+,20-,21+/m0/s1. The van der Waals surface area contributed by atoms with Gasteiger partial charge in [0.05, 0.1) is 0 Å². The van der Waals surface area contributed by atoms with E-state index < -0.39 is 0 Å². The van der Waals surface area contributed by atoms with Crippen molar-refractivity contribution in [3.63, 3.8) is 0 Å². The monoisotopic (exact) mass is 316 g/mol. The average Bonchev–Trinajstić information content (AvgIpc) is 2.83. The second kappa shape index (κ2) is 5.17. The van der Waals surface area contributed by atoms with Gasteiger partial charge in [-0.15, -0.1) is 0 Å². The first kappa shape index (κ1) is 15.8. The first-order valence-electron chi connectivity index (χ1n) is 9.94. The number of Topliss-reactive ketones (excluding diaryl/α,β-unsaturated/α-hetero) is 2. The largest absolute Gasteiger partial charge is 0.300 e. The van der Waals surface area contributed by atoms with Gasteiger partial charge in [-0.1, -0.05) is 27.2 Å². The van der Waals surface area contributed by atoms with E-state index in [9.17, 15) is 9.59 Å². The van der Waals surface area contributed by atoms with Crippen LogP contribution in [0, 0.1) is 40.4 Å². The molecule has 4 saturated carbocycles. The van der Waals surface area contributed by atoms with Crippen LogP contribution in [0.1, 0.15) is 78.6 Å². The van der Waals surface area contributed by atoms with Gasteiger partial charge in [-0.05, 0) is 66.6 Å². The quantitative estimate of drug-likeness (QED) is 0.696. The molecule has 2 heteroatoms. The zero-order chi connectivity index (χ0) is 16.4. The van der Waals surface area contributed by atoms with Gasteiger partial charge in [-0.2, -0.15) is 0 Å². The Labute approximate surface area is 140 Å². The Hall–Kier alpha value is -0.660. The minimum atomic E-state index is 0.111. The van der Waals surface area contributed by atoms with Crippen LogP contribution in [-0.4, -0.2) is 11.6 Å². The lowest BCUT2D eigenvalue weighted by atomic mass is 9.44. The number of hydrogen-bond donors (Lipinski definition) is 0. The highest BCUT2D eigenvalue weighted by atomic mass is 16.1. The lowest BCUT2D eigenvalue weighted by Gasteiger charge is -2.59. The Balaban J connectivity index is 1.69. The van der Waals surface area contributed by atoms with Crippen LogP contribution >= 0.6 is 0 Å². The fraction of sp³-hybridized carbons (Fsp3) is 0.905. The summed E-state index contributed by atoms with van der Waals surface area (Å²) >= 11 is 0. The van der Waals surface area contributed by atoms with E-state index in [2.05, 4.69) is 20.8 Å². The number of carbonyl (C=O) groups is 2. The van der Waals surface area contributed by atoms with Crippen molar-refractivity contribution < 1.29 is 9.59 Å². The molecule has 0 bridgehead atoms. The van der Waals surface area contributed by atoms with Crippen LogP contribution in [0.15, 0.2) is 0 Å². The molecule has 0 aromatic carbocycles. The van der Waals surface area contributed by atoms with E-state index in [1.807, 2.05) is 0 Å². The topological polar surface area (TPSA) is 34.1 Å². The summed E-state index contributed by atoms with van der Waals surface area (Å²) < 4.78 is 0. The number of ketones is 2. The fourth-order valence-electron chi connectivity index (χ4n) is 7.63. The van der Waals surface area contributed by atoms with E-state index in [1.165, 1.54) is 32.1 Å². The molecule has 128 valence electrons. The van der Waals surface area contributed by atoms with E-state index in [1.54, 1.807) is 0 Å². The molecule has 0 radical (unpaired) electrons. The van der Waals surface area contributed by atoms with Gasteiger partial charge in [0.15, 0.2) is 0 Å². The second-order valence-corrected chi connectivity index (χ2v) is 9.60.